The van der Waals surface area contributed by atoms with Gasteiger partial charge in [-0.25, -0.2) is 0 Å². The lowest BCUT2D eigenvalue weighted by molar-refractivity contribution is 0.561. The molecule has 27 valence electrons. The van der Waals surface area contributed by atoms with Gasteiger partial charge in [-0.05, 0) is 0 Å². The summed E-state index contributed by atoms with van der Waals surface area (Å²) in [6.07, 6.45) is 1.36. The fourth-order valence-electron chi connectivity index (χ4n) is 0. The van der Waals surface area contributed by atoms with Crippen LogP contribution in [0.1, 0.15) is 0 Å². The van der Waals surface area contributed by atoms with Gasteiger partial charge in [-0.2, -0.15) is 0 Å². The van der Waals surface area contributed by atoms with E-state index < -0.39 is 0 Å². The molecule has 2 N–H and O–H groups in total. The first-order valence-electron chi connectivity index (χ1n) is 1.10. The Morgan fingerprint density at radius 1 is 2.00 bits per heavy atom. The van der Waals surface area contributed by atoms with E-state index in [0.717, 1.165) is 0 Å². The number of hydrogen-bond donors (Lipinski definition) is 1. The number of carbonyl (C=O) groups excluding carboxylic acids is 1. The molecule has 0 unspecified atom stereocenters. The topological polar surface area (TPSA) is 43.1 Å². The third-order valence-electron chi connectivity index (χ3n) is 0.131. The van der Waals surface area contributed by atoms with Gasteiger partial charge in [0.1, 0.15) is 0 Å². The Balaban J connectivity index is 3.20. The maximum atomic E-state index is 9.16. The van der Waals surface area contributed by atoms with Crippen molar-refractivity contribution >= 4 is 6.29 Å². The van der Waals surface area contributed by atoms with Crippen LogP contribution in [0.3, 0.4) is 0 Å². The first kappa shape index (κ1) is 4.21. The lowest BCUT2D eigenvalue weighted by Crippen LogP contribution is -1.92. The number of allylic oxidation sites excluding steroid dienone is 1. The van der Waals surface area contributed by atoms with E-state index >= 15 is 0 Å². The molecule has 0 aromatic rings. The second kappa shape index (κ2) is 1.52. The summed E-state index contributed by atoms with van der Waals surface area (Å²) in [5.41, 5.74) is 4.62. The van der Waals surface area contributed by atoms with Gasteiger partial charge in [0.2, 0.25) is 6.29 Å². The van der Waals surface area contributed by atoms with Crippen LogP contribution < -0.4 is 5.73 Å². The molecule has 2 heteroatoms. The molecule has 0 bridgehead atoms. The Bertz CT molecular complexity index is 57.9. The van der Waals surface area contributed by atoms with Crippen LogP contribution in [0.15, 0.2) is 12.3 Å². The molecule has 0 spiro atoms. The van der Waals surface area contributed by atoms with E-state index in [1.807, 2.05) is 0 Å². The lowest BCUT2D eigenvalue weighted by Gasteiger charge is -1.67. The third kappa shape index (κ3) is 3.21. The van der Waals surface area contributed by atoms with Crippen molar-refractivity contribution in [3.63, 3.8) is 0 Å². The Morgan fingerprint density at radius 3 is 2.20 bits per heavy atom. The minimum absolute atomic E-state index is 0.0509. The van der Waals surface area contributed by atoms with Gasteiger partial charge >= 0.3 is 0 Å². The zero-order valence-corrected chi connectivity index (χ0v) is 2.69. The minimum atomic E-state index is -0.0509. The minimum Gasteiger partial charge on any atom is -0.396 e. The smallest absolute Gasteiger partial charge is 0.249 e. The molecule has 0 saturated heterocycles. The summed E-state index contributed by atoms with van der Waals surface area (Å²) >= 11 is 0. The summed E-state index contributed by atoms with van der Waals surface area (Å²) in [5, 5.41) is 0. The predicted molar refractivity (Wildman–Crippen MR) is 19.0 cm³/mol. The van der Waals surface area contributed by atoms with Crippen LogP contribution in [0.5, 0.6) is 0 Å². The van der Waals surface area contributed by atoms with Gasteiger partial charge in [-0.15, -0.1) is 0 Å². The largest absolute Gasteiger partial charge is 0.396 e. The first-order chi connectivity index (χ1) is 2.27. The lowest BCUT2D eigenvalue weighted by atomic mass is 10.6. The van der Waals surface area contributed by atoms with Crippen molar-refractivity contribution in [1.82, 2.24) is 0 Å². The molecule has 0 atom stereocenters. The molecule has 0 aromatic heterocycles. The van der Waals surface area contributed by atoms with Crippen molar-refractivity contribution in [2.75, 3.05) is 0 Å². The summed E-state index contributed by atoms with van der Waals surface area (Å²) in [5.74, 6) is 0. The van der Waals surface area contributed by atoms with E-state index in [1.54, 1.807) is 0 Å². The molecule has 0 aliphatic rings. The molecule has 0 saturated carbocycles. The van der Waals surface area contributed by atoms with Crippen molar-refractivity contribution in [3.05, 3.63) is 12.3 Å². The zero-order valence-electron chi connectivity index (χ0n) is 2.69. The second-order valence-electron chi connectivity index (χ2n) is 0.627. The predicted octanol–water partition coefficient (Wildman–Crippen LogP) is -0.431. The van der Waals surface area contributed by atoms with Gasteiger partial charge < -0.3 is 5.73 Å². The Hall–Kier alpha value is -0.790. The van der Waals surface area contributed by atoms with Gasteiger partial charge in [0, 0.05) is 0 Å². The van der Waals surface area contributed by atoms with Crippen molar-refractivity contribution < 1.29 is 4.79 Å². The summed E-state index contributed by atoms with van der Waals surface area (Å²) in [6, 6.07) is 0. The maximum absolute atomic E-state index is 9.16. The molecule has 2 nitrogen and oxygen atoms in total. The van der Waals surface area contributed by atoms with Crippen molar-refractivity contribution in [1.29, 1.82) is 0 Å². The van der Waals surface area contributed by atoms with E-state index in [9.17, 15) is 0 Å². The van der Waals surface area contributed by atoms with Crippen LogP contribution in [0.4, 0.5) is 0 Å². The van der Waals surface area contributed by atoms with Gasteiger partial charge in [-0.3, -0.25) is 4.79 Å². The summed E-state index contributed by atoms with van der Waals surface area (Å²) in [7, 11) is 0. The van der Waals surface area contributed by atoms with Crippen LogP contribution in [-0.2, 0) is 4.79 Å². The van der Waals surface area contributed by atoms with Gasteiger partial charge in [0.15, 0.2) is 0 Å². The zero-order chi connectivity index (χ0) is 4.28. The highest BCUT2D eigenvalue weighted by molar-refractivity contribution is 5.71. The van der Waals surface area contributed by atoms with Gasteiger partial charge in [0.05, 0.1) is 5.70 Å². The molecular formula is C3H4NO. The van der Waals surface area contributed by atoms with E-state index in [4.69, 9.17) is 4.79 Å². The van der Waals surface area contributed by atoms with E-state index in [1.165, 1.54) is 6.29 Å². The molecule has 0 rings (SSSR count). The van der Waals surface area contributed by atoms with Crippen LogP contribution in [0.2, 0.25) is 0 Å². The first-order valence-corrected chi connectivity index (χ1v) is 1.10. The fourth-order valence-corrected chi connectivity index (χ4v) is 0. The van der Waals surface area contributed by atoms with Gasteiger partial charge in [0.25, 0.3) is 0 Å². The summed E-state index contributed by atoms with van der Waals surface area (Å²) < 4.78 is 0. The van der Waals surface area contributed by atoms with Crippen molar-refractivity contribution in [2.24, 2.45) is 5.73 Å². The molecule has 1 radical (unpaired) electrons. The average Bonchev–Trinajstić information content (AvgIpc) is 1.38. The number of hydrogen-bond acceptors (Lipinski definition) is 2. The third-order valence-corrected chi connectivity index (χ3v) is 0.131. The molecule has 0 aromatic carbocycles. The molecule has 5 heavy (non-hydrogen) atoms. The highest BCUT2D eigenvalue weighted by Crippen LogP contribution is 1.56. The van der Waals surface area contributed by atoms with Crippen LogP contribution >= 0.6 is 0 Å². The van der Waals surface area contributed by atoms with Crippen molar-refractivity contribution in [2.45, 2.75) is 0 Å². The highest BCUT2D eigenvalue weighted by atomic mass is 16.1. The van der Waals surface area contributed by atoms with E-state index in [0.29, 0.717) is 0 Å². The van der Waals surface area contributed by atoms with E-state index in [-0.39, 0.29) is 5.70 Å². The Labute approximate surface area is 30.3 Å². The Morgan fingerprint density at radius 2 is 2.20 bits per heavy atom. The number of rotatable bonds is 1. The highest BCUT2D eigenvalue weighted by Gasteiger charge is 1.69. The molecule has 0 fully saturated rings. The summed E-state index contributed by atoms with van der Waals surface area (Å²) in [4.78, 5) is 9.16. The monoisotopic (exact) mass is 70.0 g/mol. The summed E-state index contributed by atoms with van der Waals surface area (Å²) in [6.45, 7) is 3.03. The van der Waals surface area contributed by atoms with Gasteiger partial charge in [-0.1, -0.05) is 6.58 Å². The average molecular weight is 70.1 g/mol. The SMILES string of the molecule is C=C(N)[C]=O. The molecule has 0 amide bonds. The molecular weight excluding hydrogens is 66.0 g/mol. The van der Waals surface area contributed by atoms with E-state index in [2.05, 4.69) is 12.3 Å². The fraction of sp³-hybridized carbons (Fsp3) is 0. The van der Waals surface area contributed by atoms with Crippen LogP contribution in [-0.4, -0.2) is 6.29 Å². The Kier molecular flexibility index (Phi) is 1.28. The number of nitrogens with two attached hydrogens (primary N) is 1. The molecule has 0 aliphatic heterocycles. The van der Waals surface area contributed by atoms with Crippen LogP contribution in [0, 0.1) is 0 Å². The maximum Gasteiger partial charge on any atom is 0.249 e. The molecule has 0 heterocycles. The van der Waals surface area contributed by atoms with Crippen molar-refractivity contribution in [3.8, 4) is 0 Å². The quantitative estimate of drug-likeness (QED) is 0.425. The van der Waals surface area contributed by atoms with Crippen LogP contribution in [0.25, 0.3) is 0 Å². The normalized spacial score (nSPS) is 6.40. The molecule has 0 aliphatic carbocycles. The second-order valence-corrected chi connectivity index (χ2v) is 0.627. The standard InChI is InChI=1S/C3H4NO/c1-3(4)2-5/h1,4H2.